The molecule has 0 aliphatic heterocycles. The van der Waals surface area contributed by atoms with Gasteiger partial charge in [-0.2, -0.15) is 0 Å². The van der Waals surface area contributed by atoms with Crippen LogP contribution in [0.3, 0.4) is 0 Å². The maximum absolute atomic E-state index is 8.80. The number of benzene rings is 1. The third-order valence-electron chi connectivity index (χ3n) is 2.41. The van der Waals surface area contributed by atoms with E-state index in [1.54, 1.807) is 7.11 Å². The number of ether oxygens (including phenoxy) is 1. The monoisotopic (exact) mass is 243 g/mol. The number of hydrogen-bond donors (Lipinski definition) is 1. The van der Waals surface area contributed by atoms with Crippen LogP contribution < -0.4 is 4.74 Å². The predicted octanol–water partition coefficient (Wildman–Crippen LogP) is 1.90. The standard InChI is InChI=1S/C12H18ClNO2/c1-14(6-7-15)9-12(13)10-4-3-5-11(8-10)16-2/h3-5,8,12,15H,6-7,9H2,1-2H3. The topological polar surface area (TPSA) is 32.7 Å². The summed E-state index contributed by atoms with van der Waals surface area (Å²) in [5.41, 5.74) is 1.03. The summed E-state index contributed by atoms with van der Waals surface area (Å²) in [4.78, 5) is 2.00. The molecule has 1 rings (SSSR count). The minimum absolute atomic E-state index is 0.0911. The Labute approximate surface area is 102 Å². The van der Waals surface area contributed by atoms with E-state index in [1.807, 2.05) is 36.2 Å². The van der Waals surface area contributed by atoms with Crippen molar-refractivity contribution in [3.8, 4) is 5.75 Å². The van der Waals surface area contributed by atoms with Crippen molar-refractivity contribution in [2.24, 2.45) is 0 Å². The van der Waals surface area contributed by atoms with E-state index >= 15 is 0 Å². The number of likely N-dealkylation sites (N-methyl/N-ethyl adjacent to an activating group) is 1. The highest BCUT2D eigenvalue weighted by atomic mass is 35.5. The molecule has 0 heterocycles. The molecule has 90 valence electrons. The van der Waals surface area contributed by atoms with Crippen LogP contribution in [-0.4, -0.2) is 43.9 Å². The predicted molar refractivity (Wildman–Crippen MR) is 66.2 cm³/mol. The Morgan fingerprint density at radius 2 is 2.25 bits per heavy atom. The second-order valence-corrected chi connectivity index (χ2v) is 4.26. The highest BCUT2D eigenvalue weighted by Gasteiger charge is 2.11. The third kappa shape index (κ3) is 4.00. The fourth-order valence-electron chi connectivity index (χ4n) is 1.48. The van der Waals surface area contributed by atoms with Crippen LogP contribution in [0.1, 0.15) is 10.9 Å². The Bertz CT molecular complexity index is 320. The molecule has 0 bridgehead atoms. The number of alkyl halides is 1. The van der Waals surface area contributed by atoms with Crippen LogP contribution in [0.15, 0.2) is 24.3 Å². The Balaban J connectivity index is 2.61. The van der Waals surface area contributed by atoms with Gasteiger partial charge in [0, 0.05) is 13.1 Å². The molecule has 0 aliphatic carbocycles. The number of halogens is 1. The molecule has 3 nitrogen and oxygen atoms in total. The van der Waals surface area contributed by atoms with E-state index < -0.39 is 0 Å². The van der Waals surface area contributed by atoms with Gasteiger partial charge in [0.2, 0.25) is 0 Å². The summed E-state index contributed by atoms with van der Waals surface area (Å²) in [5, 5.41) is 8.71. The minimum Gasteiger partial charge on any atom is -0.497 e. The minimum atomic E-state index is -0.0911. The number of hydrogen-bond acceptors (Lipinski definition) is 3. The van der Waals surface area contributed by atoms with Gasteiger partial charge in [-0.15, -0.1) is 11.6 Å². The molecule has 0 radical (unpaired) electrons. The van der Waals surface area contributed by atoms with Crippen LogP contribution >= 0.6 is 11.6 Å². The summed E-state index contributed by atoms with van der Waals surface area (Å²) < 4.78 is 5.15. The Morgan fingerprint density at radius 1 is 1.50 bits per heavy atom. The van der Waals surface area contributed by atoms with E-state index in [4.69, 9.17) is 21.4 Å². The molecular formula is C12H18ClNO2. The summed E-state index contributed by atoms with van der Waals surface area (Å²) in [6.07, 6.45) is 0. The van der Waals surface area contributed by atoms with Crippen molar-refractivity contribution in [2.45, 2.75) is 5.38 Å². The highest BCUT2D eigenvalue weighted by Crippen LogP contribution is 2.24. The zero-order chi connectivity index (χ0) is 12.0. The second kappa shape index (κ2) is 6.74. The van der Waals surface area contributed by atoms with Gasteiger partial charge in [-0.3, -0.25) is 0 Å². The smallest absolute Gasteiger partial charge is 0.119 e. The number of rotatable bonds is 6. The maximum atomic E-state index is 8.80. The maximum Gasteiger partial charge on any atom is 0.119 e. The third-order valence-corrected chi connectivity index (χ3v) is 2.80. The second-order valence-electron chi connectivity index (χ2n) is 3.73. The number of aliphatic hydroxyl groups excluding tert-OH is 1. The van der Waals surface area contributed by atoms with Gasteiger partial charge in [-0.05, 0) is 24.7 Å². The first-order valence-corrected chi connectivity index (χ1v) is 5.68. The molecule has 16 heavy (non-hydrogen) atoms. The lowest BCUT2D eigenvalue weighted by molar-refractivity contribution is 0.221. The molecule has 1 atom stereocenters. The van der Waals surface area contributed by atoms with E-state index in [2.05, 4.69) is 0 Å². The van der Waals surface area contributed by atoms with Crippen molar-refractivity contribution in [1.29, 1.82) is 0 Å². The Hall–Kier alpha value is -0.770. The molecule has 0 fully saturated rings. The summed E-state index contributed by atoms with van der Waals surface area (Å²) in [7, 11) is 3.58. The summed E-state index contributed by atoms with van der Waals surface area (Å²) in [6.45, 7) is 1.49. The summed E-state index contributed by atoms with van der Waals surface area (Å²) >= 11 is 6.29. The molecule has 0 saturated heterocycles. The number of nitrogens with zero attached hydrogens (tertiary/aromatic N) is 1. The van der Waals surface area contributed by atoms with Gasteiger partial charge in [-0.1, -0.05) is 12.1 Å². The van der Waals surface area contributed by atoms with E-state index in [0.29, 0.717) is 13.1 Å². The number of methoxy groups -OCH3 is 1. The first-order valence-electron chi connectivity index (χ1n) is 5.24. The van der Waals surface area contributed by atoms with Gasteiger partial charge < -0.3 is 14.7 Å². The van der Waals surface area contributed by atoms with Crippen molar-refractivity contribution < 1.29 is 9.84 Å². The zero-order valence-corrected chi connectivity index (χ0v) is 10.4. The molecule has 0 spiro atoms. The van der Waals surface area contributed by atoms with Crippen LogP contribution in [0, 0.1) is 0 Å². The van der Waals surface area contributed by atoms with Crippen LogP contribution in [0.2, 0.25) is 0 Å². The van der Waals surface area contributed by atoms with Crippen LogP contribution in [-0.2, 0) is 0 Å². The molecular weight excluding hydrogens is 226 g/mol. The van der Waals surface area contributed by atoms with Crippen molar-refractivity contribution in [2.75, 3.05) is 33.9 Å². The Morgan fingerprint density at radius 3 is 2.88 bits per heavy atom. The van der Waals surface area contributed by atoms with Gasteiger partial charge in [0.05, 0.1) is 19.1 Å². The van der Waals surface area contributed by atoms with Gasteiger partial charge in [0.1, 0.15) is 5.75 Å². The van der Waals surface area contributed by atoms with Crippen LogP contribution in [0.4, 0.5) is 0 Å². The van der Waals surface area contributed by atoms with Gasteiger partial charge in [0.15, 0.2) is 0 Å². The fraction of sp³-hybridized carbons (Fsp3) is 0.500. The van der Waals surface area contributed by atoms with Crippen molar-refractivity contribution in [1.82, 2.24) is 4.90 Å². The Kier molecular flexibility index (Phi) is 5.60. The zero-order valence-electron chi connectivity index (χ0n) is 9.69. The molecule has 0 amide bonds. The lowest BCUT2D eigenvalue weighted by atomic mass is 10.1. The van der Waals surface area contributed by atoms with Crippen molar-refractivity contribution >= 4 is 11.6 Å². The normalized spacial score (nSPS) is 12.8. The van der Waals surface area contributed by atoms with Crippen molar-refractivity contribution in [3.63, 3.8) is 0 Å². The van der Waals surface area contributed by atoms with Gasteiger partial charge in [0.25, 0.3) is 0 Å². The van der Waals surface area contributed by atoms with Gasteiger partial charge in [-0.25, -0.2) is 0 Å². The van der Waals surface area contributed by atoms with E-state index in [9.17, 15) is 0 Å². The van der Waals surface area contributed by atoms with Crippen LogP contribution in [0.5, 0.6) is 5.75 Å². The van der Waals surface area contributed by atoms with Crippen LogP contribution in [0.25, 0.3) is 0 Å². The fourth-order valence-corrected chi connectivity index (χ4v) is 1.85. The molecule has 0 aliphatic rings. The molecule has 1 unspecified atom stereocenters. The lowest BCUT2D eigenvalue weighted by Crippen LogP contribution is -2.25. The lowest BCUT2D eigenvalue weighted by Gasteiger charge is -2.19. The quantitative estimate of drug-likeness (QED) is 0.775. The molecule has 0 aromatic heterocycles. The first-order chi connectivity index (χ1) is 7.67. The molecule has 1 N–H and O–H groups in total. The largest absolute Gasteiger partial charge is 0.497 e. The van der Waals surface area contributed by atoms with E-state index in [1.165, 1.54) is 0 Å². The molecule has 4 heteroatoms. The number of aliphatic hydroxyl groups is 1. The SMILES string of the molecule is COc1cccc(C(Cl)CN(C)CCO)c1. The van der Waals surface area contributed by atoms with E-state index in [-0.39, 0.29) is 12.0 Å². The average molecular weight is 244 g/mol. The molecule has 1 aromatic rings. The van der Waals surface area contributed by atoms with Crippen molar-refractivity contribution in [3.05, 3.63) is 29.8 Å². The van der Waals surface area contributed by atoms with Gasteiger partial charge >= 0.3 is 0 Å². The highest BCUT2D eigenvalue weighted by molar-refractivity contribution is 6.21. The first kappa shape index (κ1) is 13.3. The molecule has 0 saturated carbocycles. The summed E-state index contributed by atoms with van der Waals surface area (Å²) in [5.74, 6) is 0.813. The summed E-state index contributed by atoms with van der Waals surface area (Å²) in [6, 6.07) is 7.73. The molecule has 1 aromatic carbocycles. The average Bonchev–Trinajstić information content (AvgIpc) is 2.29. The van der Waals surface area contributed by atoms with E-state index in [0.717, 1.165) is 11.3 Å².